The third-order valence-corrected chi connectivity index (χ3v) is 5.10. The van der Waals surface area contributed by atoms with E-state index >= 15 is 0 Å². The Morgan fingerprint density at radius 1 is 0.913 bits per heavy atom. The summed E-state index contributed by atoms with van der Waals surface area (Å²) < 4.78 is 27.0. The lowest BCUT2D eigenvalue weighted by atomic mass is 9.95. The number of amides is 1. The Morgan fingerprint density at radius 2 is 1.43 bits per heavy atom. The number of carbonyl (C=O) groups excluding carboxylic acids is 1. The van der Waals surface area contributed by atoms with Crippen LogP contribution in [0.25, 0.3) is 0 Å². The maximum absolute atomic E-state index is 13.0. The van der Waals surface area contributed by atoms with Crippen LogP contribution in [0.1, 0.15) is 26.3 Å². The van der Waals surface area contributed by atoms with Gasteiger partial charge in [-0.2, -0.15) is 0 Å². The van der Waals surface area contributed by atoms with E-state index in [4.69, 9.17) is 0 Å². The molecule has 0 fully saturated rings. The first kappa shape index (κ1) is 17.2. The highest BCUT2D eigenvalue weighted by atomic mass is 32.2. The van der Waals surface area contributed by atoms with E-state index in [-0.39, 0.29) is 4.90 Å². The number of para-hydroxylation sites is 1. The third kappa shape index (κ3) is 3.62. The van der Waals surface area contributed by atoms with E-state index in [1.54, 1.807) is 63.2 Å². The van der Waals surface area contributed by atoms with Gasteiger partial charge in [0.25, 0.3) is 10.0 Å². The van der Waals surface area contributed by atoms with Crippen LogP contribution in [0.5, 0.6) is 0 Å². The second kappa shape index (κ2) is 6.16. The summed E-state index contributed by atoms with van der Waals surface area (Å²) in [5.74, 6) is -0.468. The number of hydrogen-bond donors (Lipinski definition) is 0. The van der Waals surface area contributed by atoms with Gasteiger partial charge in [-0.05, 0) is 31.2 Å². The Bertz CT molecular complexity index is 788. The molecule has 0 aromatic heterocycles. The van der Waals surface area contributed by atoms with E-state index in [9.17, 15) is 13.2 Å². The first-order valence-electron chi connectivity index (χ1n) is 7.35. The van der Waals surface area contributed by atoms with E-state index in [0.717, 1.165) is 9.87 Å². The highest BCUT2D eigenvalue weighted by molar-refractivity contribution is 7.93. The van der Waals surface area contributed by atoms with E-state index < -0.39 is 21.3 Å². The van der Waals surface area contributed by atoms with Gasteiger partial charge >= 0.3 is 0 Å². The van der Waals surface area contributed by atoms with Crippen molar-refractivity contribution in [1.29, 1.82) is 0 Å². The zero-order valence-electron chi connectivity index (χ0n) is 13.8. The van der Waals surface area contributed by atoms with Crippen molar-refractivity contribution < 1.29 is 13.2 Å². The number of sulfonamides is 1. The molecule has 23 heavy (non-hydrogen) atoms. The van der Waals surface area contributed by atoms with Crippen LogP contribution in [0.2, 0.25) is 0 Å². The minimum atomic E-state index is -3.97. The van der Waals surface area contributed by atoms with Gasteiger partial charge in [-0.25, -0.2) is 12.7 Å². The molecule has 0 bridgehead atoms. The molecule has 2 aromatic carbocycles. The van der Waals surface area contributed by atoms with E-state index in [2.05, 4.69) is 0 Å². The van der Waals surface area contributed by atoms with Gasteiger partial charge in [-0.3, -0.25) is 4.79 Å². The molecule has 1 amide bonds. The first-order valence-corrected chi connectivity index (χ1v) is 8.79. The van der Waals surface area contributed by atoms with Crippen LogP contribution in [0, 0.1) is 12.3 Å². The summed E-state index contributed by atoms with van der Waals surface area (Å²) in [6.07, 6.45) is 0. The molecule has 4 nitrogen and oxygen atoms in total. The van der Waals surface area contributed by atoms with Crippen molar-refractivity contribution in [3.05, 3.63) is 60.2 Å². The molecule has 0 saturated carbocycles. The van der Waals surface area contributed by atoms with Gasteiger partial charge in [-0.15, -0.1) is 0 Å². The molecule has 2 rings (SSSR count). The predicted molar refractivity (Wildman–Crippen MR) is 91.7 cm³/mol. The van der Waals surface area contributed by atoms with Crippen LogP contribution in [-0.2, 0) is 14.8 Å². The fraction of sp³-hybridized carbons (Fsp3) is 0.278. The van der Waals surface area contributed by atoms with E-state index in [1.165, 1.54) is 12.1 Å². The topological polar surface area (TPSA) is 54.5 Å². The fourth-order valence-electron chi connectivity index (χ4n) is 2.05. The number of rotatable bonds is 3. The summed E-state index contributed by atoms with van der Waals surface area (Å²) in [5.41, 5.74) is 0.471. The van der Waals surface area contributed by atoms with E-state index in [0.29, 0.717) is 5.69 Å². The van der Waals surface area contributed by atoms with Gasteiger partial charge in [0.1, 0.15) is 0 Å². The molecule has 0 radical (unpaired) electrons. The van der Waals surface area contributed by atoms with Crippen molar-refractivity contribution in [1.82, 2.24) is 0 Å². The molecule has 0 aliphatic heterocycles. The lowest BCUT2D eigenvalue weighted by Crippen LogP contribution is -2.43. The van der Waals surface area contributed by atoms with Crippen LogP contribution >= 0.6 is 0 Å². The lowest BCUT2D eigenvalue weighted by molar-refractivity contribution is -0.124. The standard InChI is InChI=1S/C18H21NO3S/c1-14-10-12-16(13-11-14)23(21,22)19(17(20)18(2,3)4)15-8-6-5-7-9-15/h5-13H,1-4H3. The molecule has 5 heteroatoms. The van der Waals surface area contributed by atoms with Gasteiger partial charge in [-0.1, -0.05) is 56.7 Å². The van der Waals surface area contributed by atoms with Crippen molar-refractivity contribution in [3.8, 4) is 0 Å². The predicted octanol–water partition coefficient (Wildman–Crippen LogP) is 3.76. The SMILES string of the molecule is Cc1ccc(S(=O)(=O)N(C(=O)C(C)(C)C)c2ccccc2)cc1. The van der Waals surface area contributed by atoms with Crippen molar-refractivity contribution in [3.63, 3.8) is 0 Å². The molecule has 122 valence electrons. The second-order valence-corrected chi connectivity index (χ2v) is 8.26. The molecule has 0 aliphatic rings. The Morgan fingerprint density at radius 3 is 1.91 bits per heavy atom. The van der Waals surface area contributed by atoms with Gasteiger partial charge in [0.05, 0.1) is 10.6 Å². The van der Waals surface area contributed by atoms with Crippen molar-refractivity contribution >= 4 is 21.6 Å². The number of anilines is 1. The smallest absolute Gasteiger partial charge is 0.270 e. The molecule has 0 unspecified atom stereocenters. The third-order valence-electron chi connectivity index (χ3n) is 3.38. The number of aryl methyl sites for hydroxylation is 1. The first-order chi connectivity index (χ1) is 10.6. The van der Waals surface area contributed by atoms with Gasteiger partial charge in [0.15, 0.2) is 0 Å². The minimum Gasteiger partial charge on any atom is -0.273 e. The Kier molecular flexibility index (Phi) is 4.61. The molecular formula is C18H21NO3S. The Balaban J connectivity index is 2.62. The normalized spacial score (nSPS) is 12.0. The highest BCUT2D eigenvalue weighted by Gasteiger charge is 2.37. The minimum absolute atomic E-state index is 0.101. The summed E-state index contributed by atoms with van der Waals surface area (Å²) >= 11 is 0. The largest absolute Gasteiger partial charge is 0.273 e. The van der Waals surface area contributed by atoms with Crippen LogP contribution < -0.4 is 4.31 Å². The summed E-state index contributed by atoms with van der Waals surface area (Å²) in [7, 11) is -3.97. The molecular weight excluding hydrogens is 310 g/mol. The second-order valence-electron chi connectivity index (χ2n) is 6.47. The van der Waals surface area contributed by atoms with Crippen molar-refractivity contribution in [2.75, 3.05) is 4.31 Å². The molecule has 0 atom stereocenters. The van der Waals surface area contributed by atoms with Gasteiger partial charge in [0, 0.05) is 5.41 Å². The van der Waals surface area contributed by atoms with Gasteiger partial charge in [0.2, 0.25) is 5.91 Å². The average Bonchev–Trinajstić information content (AvgIpc) is 2.47. The van der Waals surface area contributed by atoms with E-state index in [1.807, 2.05) is 6.92 Å². The summed E-state index contributed by atoms with van der Waals surface area (Å²) in [5, 5.41) is 0. The van der Waals surface area contributed by atoms with Crippen molar-refractivity contribution in [2.45, 2.75) is 32.6 Å². The molecule has 0 saturated heterocycles. The van der Waals surface area contributed by atoms with Crippen LogP contribution in [0.4, 0.5) is 5.69 Å². The quantitative estimate of drug-likeness (QED) is 0.860. The maximum Gasteiger partial charge on any atom is 0.270 e. The molecule has 0 heterocycles. The summed E-state index contributed by atoms with van der Waals surface area (Å²) in [6.45, 7) is 6.99. The van der Waals surface area contributed by atoms with Crippen LogP contribution in [-0.4, -0.2) is 14.3 Å². The molecule has 0 N–H and O–H groups in total. The molecule has 0 spiro atoms. The Hall–Kier alpha value is -2.14. The number of benzene rings is 2. The van der Waals surface area contributed by atoms with Crippen molar-refractivity contribution in [2.24, 2.45) is 5.41 Å². The highest BCUT2D eigenvalue weighted by Crippen LogP contribution is 2.29. The number of carbonyl (C=O) groups is 1. The lowest BCUT2D eigenvalue weighted by Gasteiger charge is -2.29. The van der Waals surface area contributed by atoms with Crippen LogP contribution in [0.3, 0.4) is 0 Å². The zero-order valence-corrected chi connectivity index (χ0v) is 14.6. The number of hydrogen-bond acceptors (Lipinski definition) is 3. The van der Waals surface area contributed by atoms with Gasteiger partial charge < -0.3 is 0 Å². The fourth-order valence-corrected chi connectivity index (χ4v) is 3.63. The average molecular weight is 331 g/mol. The summed E-state index contributed by atoms with van der Waals surface area (Å²) in [4.78, 5) is 12.9. The zero-order chi connectivity index (χ0) is 17.3. The Labute approximate surface area is 137 Å². The monoisotopic (exact) mass is 331 g/mol. The van der Waals surface area contributed by atoms with Crippen LogP contribution in [0.15, 0.2) is 59.5 Å². The molecule has 0 aliphatic carbocycles. The molecule has 2 aromatic rings. The summed E-state index contributed by atoms with van der Waals surface area (Å²) in [6, 6.07) is 14.9. The maximum atomic E-state index is 13.0. The number of nitrogens with zero attached hydrogens (tertiary/aromatic N) is 1.